The van der Waals surface area contributed by atoms with Crippen molar-refractivity contribution in [3.8, 4) is 0 Å². The van der Waals surface area contributed by atoms with Crippen molar-refractivity contribution in [3.63, 3.8) is 0 Å². The van der Waals surface area contributed by atoms with E-state index in [-0.39, 0.29) is 11.5 Å². The summed E-state index contributed by atoms with van der Waals surface area (Å²) in [5.74, 6) is 0. The molecular formula is C9H12O4S. The topological polar surface area (TPSA) is 74.6 Å². The maximum atomic E-state index is 10.8. The number of benzene rings is 1. The van der Waals surface area contributed by atoms with Crippen molar-refractivity contribution >= 4 is 10.1 Å². The molecule has 0 saturated heterocycles. The fraction of sp³-hybridized carbons (Fsp3) is 0.333. The molecule has 0 radical (unpaired) electrons. The molecule has 14 heavy (non-hydrogen) atoms. The van der Waals surface area contributed by atoms with Crippen molar-refractivity contribution in [3.05, 3.63) is 29.3 Å². The van der Waals surface area contributed by atoms with Gasteiger partial charge in [-0.15, -0.1) is 0 Å². The zero-order chi connectivity index (χ0) is 10.8. The molecule has 5 heteroatoms. The average Bonchev–Trinajstić information content (AvgIpc) is 2.02. The fourth-order valence-electron chi connectivity index (χ4n) is 1.29. The van der Waals surface area contributed by atoms with E-state index in [0.29, 0.717) is 12.0 Å². The van der Waals surface area contributed by atoms with E-state index in [1.54, 1.807) is 19.1 Å². The Morgan fingerprint density at radius 2 is 2.00 bits per heavy atom. The van der Waals surface area contributed by atoms with Gasteiger partial charge in [-0.2, -0.15) is 8.42 Å². The van der Waals surface area contributed by atoms with Crippen LogP contribution in [0, 0.1) is 6.92 Å². The molecular weight excluding hydrogens is 204 g/mol. The predicted octanol–water partition coefficient (Wildman–Crippen LogP) is 0.777. The van der Waals surface area contributed by atoms with E-state index in [1.807, 2.05) is 0 Å². The van der Waals surface area contributed by atoms with Crippen LogP contribution in [-0.2, 0) is 16.5 Å². The summed E-state index contributed by atoms with van der Waals surface area (Å²) in [6, 6.07) is 4.56. The van der Waals surface area contributed by atoms with Gasteiger partial charge in [0.1, 0.15) is 0 Å². The van der Waals surface area contributed by atoms with Crippen LogP contribution >= 0.6 is 0 Å². The Morgan fingerprint density at radius 3 is 2.43 bits per heavy atom. The molecule has 0 aromatic heterocycles. The second-order valence-electron chi connectivity index (χ2n) is 3.05. The lowest BCUT2D eigenvalue weighted by molar-refractivity contribution is 0.299. The summed E-state index contributed by atoms with van der Waals surface area (Å²) in [5, 5.41) is 8.67. The van der Waals surface area contributed by atoms with Gasteiger partial charge in [0.15, 0.2) is 0 Å². The summed E-state index contributed by atoms with van der Waals surface area (Å²) in [4.78, 5) is -0.0841. The van der Waals surface area contributed by atoms with E-state index in [9.17, 15) is 8.42 Å². The van der Waals surface area contributed by atoms with Crippen LogP contribution in [-0.4, -0.2) is 24.7 Å². The predicted molar refractivity (Wildman–Crippen MR) is 51.8 cm³/mol. The number of rotatable bonds is 3. The first-order valence-corrected chi connectivity index (χ1v) is 5.57. The smallest absolute Gasteiger partial charge is 0.294 e. The minimum absolute atomic E-state index is 0.0185. The molecule has 0 spiro atoms. The molecule has 0 fully saturated rings. The molecule has 2 N–H and O–H groups in total. The van der Waals surface area contributed by atoms with Crippen LogP contribution < -0.4 is 0 Å². The lowest BCUT2D eigenvalue weighted by atomic mass is 10.1. The highest BCUT2D eigenvalue weighted by atomic mass is 32.2. The van der Waals surface area contributed by atoms with Gasteiger partial charge in [0.25, 0.3) is 10.1 Å². The van der Waals surface area contributed by atoms with E-state index in [4.69, 9.17) is 9.66 Å². The van der Waals surface area contributed by atoms with E-state index < -0.39 is 10.1 Å². The molecule has 0 bridgehead atoms. The average molecular weight is 216 g/mol. The molecule has 0 atom stereocenters. The second kappa shape index (κ2) is 4.08. The highest BCUT2D eigenvalue weighted by molar-refractivity contribution is 7.85. The highest BCUT2D eigenvalue weighted by Gasteiger charge is 2.12. The van der Waals surface area contributed by atoms with Crippen LogP contribution in [0.3, 0.4) is 0 Å². The summed E-state index contributed by atoms with van der Waals surface area (Å²) in [6.07, 6.45) is 0.479. The van der Waals surface area contributed by atoms with Crippen LogP contribution in [0.4, 0.5) is 0 Å². The Kier molecular flexibility index (Phi) is 3.25. The maximum absolute atomic E-state index is 10.8. The maximum Gasteiger partial charge on any atom is 0.294 e. The first-order chi connectivity index (χ1) is 6.45. The lowest BCUT2D eigenvalue weighted by Gasteiger charge is -2.04. The van der Waals surface area contributed by atoms with Crippen LogP contribution in [0.5, 0.6) is 0 Å². The summed E-state index contributed by atoms with van der Waals surface area (Å²) < 4.78 is 30.5. The van der Waals surface area contributed by atoms with E-state index in [2.05, 4.69) is 0 Å². The van der Waals surface area contributed by atoms with Gasteiger partial charge in [-0.1, -0.05) is 12.1 Å². The minimum atomic E-state index is -4.13. The van der Waals surface area contributed by atoms with Crippen molar-refractivity contribution < 1.29 is 18.1 Å². The second-order valence-corrected chi connectivity index (χ2v) is 4.44. The van der Waals surface area contributed by atoms with Gasteiger partial charge in [-0.05, 0) is 30.5 Å². The highest BCUT2D eigenvalue weighted by Crippen LogP contribution is 2.16. The standard InChI is InChI=1S/C9H12O4S/c1-7-6-8(4-5-10)2-3-9(7)14(11,12)13/h2-3,6,10H,4-5H2,1H3,(H,11,12,13). The molecule has 0 amide bonds. The number of aliphatic hydroxyl groups excluding tert-OH is 1. The normalized spacial score (nSPS) is 11.6. The van der Waals surface area contributed by atoms with Crippen molar-refractivity contribution in [1.29, 1.82) is 0 Å². The first kappa shape index (κ1) is 11.2. The third kappa shape index (κ3) is 2.54. The Labute approximate surface area is 82.9 Å². The van der Waals surface area contributed by atoms with Gasteiger partial charge in [0, 0.05) is 6.61 Å². The molecule has 0 saturated carbocycles. The van der Waals surface area contributed by atoms with E-state index >= 15 is 0 Å². The van der Waals surface area contributed by atoms with Crippen LogP contribution in [0.25, 0.3) is 0 Å². The van der Waals surface area contributed by atoms with Crippen LogP contribution in [0.15, 0.2) is 23.1 Å². The molecule has 4 nitrogen and oxygen atoms in total. The fourth-order valence-corrected chi connectivity index (χ4v) is 1.99. The molecule has 0 aliphatic rings. The summed E-state index contributed by atoms with van der Waals surface area (Å²) in [6.45, 7) is 1.62. The van der Waals surface area contributed by atoms with Gasteiger partial charge < -0.3 is 5.11 Å². The van der Waals surface area contributed by atoms with Crippen LogP contribution in [0.2, 0.25) is 0 Å². The van der Waals surface area contributed by atoms with Gasteiger partial charge in [-0.3, -0.25) is 4.55 Å². The van der Waals surface area contributed by atoms with Gasteiger partial charge in [-0.25, -0.2) is 0 Å². The lowest BCUT2D eigenvalue weighted by Crippen LogP contribution is -2.02. The van der Waals surface area contributed by atoms with Crippen molar-refractivity contribution in [2.24, 2.45) is 0 Å². The third-order valence-electron chi connectivity index (χ3n) is 1.92. The monoisotopic (exact) mass is 216 g/mol. The molecule has 0 aliphatic heterocycles. The van der Waals surface area contributed by atoms with Crippen molar-refractivity contribution in [1.82, 2.24) is 0 Å². The Balaban J connectivity index is 3.15. The SMILES string of the molecule is Cc1cc(CCO)ccc1S(=O)(=O)O. The molecule has 0 aliphatic carbocycles. The van der Waals surface area contributed by atoms with E-state index in [1.165, 1.54) is 6.07 Å². The van der Waals surface area contributed by atoms with Crippen LogP contribution in [0.1, 0.15) is 11.1 Å². The molecule has 1 aromatic carbocycles. The van der Waals surface area contributed by atoms with Gasteiger partial charge in [0.05, 0.1) is 4.90 Å². The largest absolute Gasteiger partial charge is 0.396 e. The summed E-state index contributed by atoms with van der Waals surface area (Å²) in [5.41, 5.74) is 1.33. The van der Waals surface area contributed by atoms with Gasteiger partial charge >= 0.3 is 0 Å². The Morgan fingerprint density at radius 1 is 1.36 bits per heavy atom. The van der Waals surface area contributed by atoms with Crippen molar-refractivity contribution in [2.75, 3.05) is 6.61 Å². The molecule has 0 unspecified atom stereocenters. The number of aryl methyl sites for hydroxylation is 1. The van der Waals surface area contributed by atoms with Gasteiger partial charge in [0.2, 0.25) is 0 Å². The molecule has 78 valence electrons. The third-order valence-corrected chi connectivity index (χ3v) is 2.93. The molecule has 1 aromatic rings. The number of hydrogen-bond acceptors (Lipinski definition) is 3. The zero-order valence-electron chi connectivity index (χ0n) is 7.77. The first-order valence-electron chi connectivity index (χ1n) is 4.13. The number of aliphatic hydroxyl groups is 1. The molecule has 0 heterocycles. The Hall–Kier alpha value is -0.910. The van der Waals surface area contributed by atoms with E-state index in [0.717, 1.165) is 5.56 Å². The number of hydrogen-bond donors (Lipinski definition) is 2. The summed E-state index contributed by atoms with van der Waals surface area (Å²) in [7, 11) is -4.13. The van der Waals surface area contributed by atoms with Crippen molar-refractivity contribution in [2.45, 2.75) is 18.2 Å². The minimum Gasteiger partial charge on any atom is -0.396 e. The summed E-state index contributed by atoms with van der Waals surface area (Å²) >= 11 is 0. The quantitative estimate of drug-likeness (QED) is 0.732. The Bertz CT molecular complexity index is 422. The molecule has 1 rings (SSSR count). The zero-order valence-corrected chi connectivity index (χ0v) is 8.58.